The van der Waals surface area contributed by atoms with Crippen molar-refractivity contribution in [1.29, 1.82) is 0 Å². The molecule has 5 heteroatoms. The number of carbonyl (C=O) groups excluding carboxylic acids is 2. The number of Topliss-reactive ketones (excluding diaryl/α,β-unsaturated/α-hetero) is 2. The normalized spacial score (nSPS) is 13.9. The lowest BCUT2D eigenvalue weighted by Crippen LogP contribution is -2.91. The first-order chi connectivity index (χ1) is 10.3. The van der Waals surface area contributed by atoms with E-state index < -0.39 is 0 Å². The monoisotopic (exact) mass is 303 g/mol. The Bertz CT molecular complexity index is 683. The van der Waals surface area contributed by atoms with Crippen LogP contribution in [-0.2, 0) is 0 Å². The highest BCUT2D eigenvalue weighted by atomic mass is 16.3. The van der Waals surface area contributed by atoms with E-state index in [0.29, 0.717) is 11.3 Å². The van der Waals surface area contributed by atoms with Gasteiger partial charge < -0.3 is 14.7 Å². The minimum absolute atomic E-state index is 0.00786. The molecular formula is C17H23N2O3+. The summed E-state index contributed by atoms with van der Waals surface area (Å²) in [5.74, 6) is 0.806. The van der Waals surface area contributed by atoms with Gasteiger partial charge in [0.15, 0.2) is 11.5 Å². The molecule has 0 saturated heterocycles. The summed E-state index contributed by atoms with van der Waals surface area (Å²) >= 11 is 0. The average molecular weight is 303 g/mol. The Kier molecular flexibility index (Phi) is 4.66. The van der Waals surface area contributed by atoms with Gasteiger partial charge in [-0.2, -0.15) is 0 Å². The zero-order chi connectivity index (χ0) is 16.4. The van der Waals surface area contributed by atoms with Gasteiger partial charge in [-0.1, -0.05) is 0 Å². The van der Waals surface area contributed by atoms with Crippen molar-refractivity contribution in [2.75, 3.05) is 0 Å². The fourth-order valence-electron chi connectivity index (χ4n) is 2.92. The second-order valence-corrected chi connectivity index (χ2v) is 5.83. The van der Waals surface area contributed by atoms with Crippen molar-refractivity contribution in [1.82, 2.24) is 4.98 Å². The second-order valence-electron chi connectivity index (χ2n) is 5.83. The topological polar surface area (TPSA) is 79.7 Å². The summed E-state index contributed by atoms with van der Waals surface area (Å²) in [7, 11) is 0. The average Bonchev–Trinajstić information content (AvgIpc) is 3.05. The quantitative estimate of drug-likeness (QED) is 0.804. The van der Waals surface area contributed by atoms with Gasteiger partial charge in [-0.15, -0.1) is 0 Å². The molecule has 0 fully saturated rings. The molecule has 3 N–H and O–H groups in total. The molecule has 0 aliphatic heterocycles. The number of carbonyl (C=O) groups is 2. The summed E-state index contributed by atoms with van der Waals surface area (Å²) in [5.41, 5.74) is 2.63. The number of aryl methyl sites for hydroxylation is 1. The van der Waals surface area contributed by atoms with E-state index in [2.05, 4.69) is 4.98 Å². The molecule has 0 amide bonds. The zero-order valence-electron chi connectivity index (χ0n) is 13.7. The van der Waals surface area contributed by atoms with Gasteiger partial charge in [0.25, 0.3) is 0 Å². The minimum Gasteiger partial charge on any atom is -0.463 e. The van der Waals surface area contributed by atoms with Crippen LogP contribution in [0.3, 0.4) is 0 Å². The molecule has 0 radical (unpaired) electrons. The molecule has 0 aliphatic carbocycles. The van der Waals surface area contributed by atoms with Crippen LogP contribution in [0.15, 0.2) is 22.8 Å². The lowest BCUT2D eigenvalue weighted by molar-refractivity contribution is -0.710. The number of rotatable bonds is 6. The third kappa shape index (κ3) is 3.04. The number of hydrogen-bond donors (Lipinski definition) is 2. The number of H-pyrrole nitrogens is 1. The van der Waals surface area contributed by atoms with Crippen molar-refractivity contribution in [2.24, 2.45) is 0 Å². The van der Waals surface area contributed by atoms with Crippen LogP contribution in [0.2, 0.25) is 0 Å². The molecule has 2 aromatic rings. The van der Waals surface area contributed by atoms with Crippen molar-refractivity contribution in [3.8, 4) is 0 Å². The third-order valence-electron chi connectivity index (χ3n) is 4.02. The molecule has 2 atom stereocenters. The number of quaternary nitrogens is 1. The second kappa shape index (κ2) is 6.32. The Morgan fingerprint density at radius 1 is 1.27 bits per heavy atom. The Hall–Kier alpha value is -2.14. The molecule has 0 unspecified atom stereocenters. The third-order valence-corrected chi connectivity index (χ3v) is 4.02. The van der Waals surface area contributed by atoms with Crippen LogP contribution in [0.25, 0.3) is 0 Å². The number of aromatic amines is 1. The highest BCUT2D eigenvalue weighted by Gasteiger charge is 2.27. The van der Waals surface area contributed by atoms with Crippen LogP contribution in [0.5, 0.6) is 0 Å². The van der Waals surface area contributed by atoms with Crippen molar-refractivity contribution < 1.29 is 19.3 Å². The van der Waals surface area contributed by atoms with E-state index in [9.17, 15) is 9.59 Å². The van der Waals surface area contributed by atoms with Gasteiger partial charge in [0.05, 0.1) is 12.0 Å². The Balaban J connectivity index is 2.18. The van der Waals surface area contributed by atoms with E-state index in [-0.39, 0.29) is 23.7 Å². The highest BCUT2D eigenvalue weighted by Crippen LogP contribution is 2.19. The predicted molar refractivity (Wildman–Crippen MR) is 83.1 cm³/mol. The number of nitrogens with two attached hydrogens (primary N) is 1. The largest absolute Gasteiger partial charge is 0.463 e. The molecule has 0 saturated carbocycles. The summed E-state index contributed by atoms with van der Waals surface area (Å²) in [4.78, 5) is 27.4. The molecule has 0 aromatic carbocycles. The standard InChI is InChI=1S/C17H22N2O3/c1-9-15(13(5)20)11(3)19-16(9)17(21)12(4)18-10(2)14-7-6-8-22-14/h6-8,10,12,18-19H,1-5H3/p+1/t10-,12+/m0/s1. The lowest BCUT2D eigenvalue weighted by atomic mass is 10.0. The van der Waals surface area contributed by atoms with E-state index in [1.54, 1.807) is 6.26 Å². The molecule has 0 spiro atoms. The first-order valence-corrected chi connectivity index (χ1v) is 7.45. The fourth-order valence-corrected chi connectivity index (χ4v) is 2.92. The molecule has 0 bridgehead atoms. The summed E-state index contributed by atoms with van der Waals surface area (Å²) in [5, 5.41) is 1.96. The van der Waals surface area contributed by atoms with Gasteiger partial charge in [0.1, 0.15) is 12.1 Å². The van der Waals surface area contributed by atoms with Gasteiger partial charge >= 0.3 is 0 Å². The van der Waals surface area contributed by atoms with E-state index >= 15 is 0 Å². The molecule has 5 nitrogen and oxygen atoms in total. The molecule has 2 rings (SSSR count). The van der Waals surface area contributed by atoms with Crippen LogP contribution in [0, 0.1) is 13.8 Å². The highest BCUT2D eigenvalue weighted by molar-refractivity contribution is 6.04. The van der Waals surface area contributed by atoms with Crippen LogP contribution in [-0.4, -0.2) is 22.6 Å². The number of hydrogen-bond acceptors (Lipinski definition) is 3. The smallest absolute Gasteiger partial charge is 0.235 e. The number of aromatic nitrogens is 1. The van der Waals surface area contributed by atoms with Gasteiger partial charge in [-0.3, -0.25) is 9.59 Å². The summed E-state index contributed by atoms with van der Waals surface area (Å²) in [6.07, 6.45) is 1.63. The summed E-state index contributed by atoms with van der Waals surface area (Å²) in [6.45, 7) is 9.02. The number of ketones is 2. The molecule has 2 aromatic heterocycles. The Morgan fingerprint density at radius 3 is 2.45 bits per heavy atom. The lowest BCUT2D eigenvalue weighted by Gasteiger charge is -2.14. The van der Waals surface area contributed by atoms with E-state index in [0.717, 1.165) is 17.0 Å². The fraction of sp³-hybridized carbons (Fsp3) is 0.412. The van der Waals surface area contributed by atoms with Crippen LogP contribution in [0.1, 0.15) is 64.7 Å². The molecule has 2 heterocycles. The summed E-state index contributed by atoms with van der Waals surface area (Å²) in [6, 6.07) is 3.52. The predicted octanol–water partition coefficient (Wildman–Crippen LogP) is 2.32. The van der Waals surface area contributed by atoms with Gasteiger partial charge in [-0.05, 0) is 52.3 Å². The van der Waals surface area contributed by atoms with E-state index in [4.69, 9.17) is 4.42 Å². The maximum Gasteiger partial charge on any atom is 0.235 e. The molecule has 118 valence electrons. The maximum absolute atomic E-state index is 12.7. The van der Waals surface area contributed by atoms with Crippen molar-refractivity contribution in [3.63, 3.8) is 0 Å². The van der Waals surface area contributed by atoms with Crippen molar-refractivity contribution >= 4 is 11.6 Å². The summed E-state index contributed by atoms with van der Waals surface area (Å²) < 4.78 is 5.37. The zero-order valence-corrected chi connectivity index (χ0v) is 13.7. The van der Waals surface area contributed by atoms with E-state index in [1.165, 1.54) is 6.92 Å². The maximum atomic E-state index is 12.7. The molecule has 0 aliphatic rings. The van der Waals surface area contributed by atoms with Gasteiger partial charge in [-0.25, -0.2) is 0 Å². The molecule has 22 heavy (non-hydrogen) atoms. The number of furan rings is 1. The van der Waals surface area contributed by atoms with E-state index in [1.807, 2.05) is 45.1 Å². The Labute approximate surface area is 130 Å². The number of nitrogens with one attached hydrogen (secondary N) is 1. The SMILES string of the molecule is CC(=O)c1c(C)[nH]c(C(=O)[C@@H](C)[NH2+][C@@H](C)c2ccco2)c1C. The van der Waals surface area contributed by atoms with Crippen LogP contribution >= 0.6 is 0 Å². The van der Waals surface area contributed by atoms with Crippen LogP contribution < -0.4 is 5.32 Å². The minimum atomic E-state index is -0.267. The first-order valence-electron chi connectivity index (χ1n) is 7.45. The van der Waals surface area contributed by atoms with Crippen LogP contribution in [0.4, 0.5) is 0 Å². The first kappa shape index (κ1) is 16.2. The van der Waals surface area contributed by atoms with Crippen molar-refractivity contribution in [2.45, 2.75) is 46.7 Å². The van der Waals surface area contributed by atoms with Gasteiger partial charge in [0.2, 0.25) is 5.78 Å². The van der Waals surface area contributed by atoms with Crippen molar-refractivity contribution in [3.05, 3.63) is 46.7 Å². The molecular weight excluding hydrogens is 280 g/mol. The van der Waals surface area contributed by atoms with Gasteiger partial charge in [0, 0.05) is 11.3 Å². The Morgan fingerprint density at radius 2 is 1.95 bits per heavy atom.